The van der Waals surface area contributed by atoms with Crippen LogP contribution in [0.2, 0.25) is 0 Å². The van der Waals surface area contributed by atoms with Crippen LogP contribution >= 0.6 is 0 Å². The lowest BCUT2D eigenvalue weighted by Crippen LogP contribution is -2.14. The van der Waals surface area contributed by atoms with E-state index in [4.69, 9.17) is 0 Å². The minimum absolute atomic E-state index is 0.633. The summed E-state index contributed by atoms with van der Waals surface area (Å²) in [7, 11) is 0. The number of aromatic amines is 1. The van der Waals surface area contributed by atoms with Gasteiger partial charge in [-0.2, -0.15) is 5.21 Å². The van der Waals surface area contributed by atoms with Crippen molar-refractivity contribution in [2.45, 2.75) is 26.4 Å². The Bertz CT molecular complexity index is 424. The minimum Gasteiger partial charge on any atom is -0.306 e. The van der Waals surface area contributed by atoms with Crippen molar-refractivity contribution in [2.24, 2.45) is 0 Å². The molecule has 0 spiro atoms. The van der Waals surface area contributed by atoms with E-state index in [1.54, 1.807) is 0 Å². The van der Waals surface area contributed by atoms with Crippen LogP contribution in [0.15, 0.2) is 24.3 Å². The lowest BCUT2D eigenvalue weighted by Gasteiger charge is -2.07. The number of hydrogen-bond donors (Lipinski definition) is 2. The monoisotopic (exact) mass is 217 g/mol. The molecule has 2 N–H and O–H groups in total. The molecule has 1 aromatic carbocycles. The molecule has 0 fully saturated rings. The van der Waals surface area contributed by atoms with Crippen molar-refractivity contribution in [3.8, 4) is 0 Å². The first-order valence-electron chi connectivity index (χ1n) is 5.40. The highest BCUT2D eigenvalue weighted by Crippen LogP contribution is 2.08. The third-order valence-corrected chi connectivity index (χ3v) is 2.49. The molecular weight excluding hydrogens is 202 g/mol. The van der Waals surface area contributed by atoms with E-state index < -0.39 is 0 Å². The molecule has 84 valence electrons. The molecule has 0 unspecified atom stereocenters. The third-order valence-electron chi connectivity index (χ3n) is 2.49. The van der Waals surface area contributed by atoms with Crippen molar-refractivity contribution in [1.82, 2.24) is 25.9 Å². The van der Waals surface area contributed by atoms with Gasteiger partial charge < -0.3 is 5.32 Å². The zero-order valence-electron chi connectivity index (χ0n) is 9.27. The van der Waals surface area contributed by atoms with Gasteiger partial charge in [0.2, 0.25) is 0 Å². The highest BCUT2D eigenvalue weighted by molar-refractivity contribution is 5.26. The fraction of sp³-hybridized carbons (Fsp3) is 0.364. The number of aryl methyl sites for hydroxylation is 1. The number of rotatable bonds is 5. The molecule has 0 aliphatic rings. The summed E-state index contributed by atoms with van der Waals surface area (Å²) in [5.41, 5.74) is 2.71. The Morgan fingerprint density at radius 2 is 2.00 bits per heavy atom. The van der Waals surface area contributed by atoms with Crippen LogP contribution in [0.4, 0.5) is 0 Å². The van der Waals surface area contributed by atoms with E-state index >= 15 is 0 Å². The Labute approximate surface area is 94.3 Å². The van der Waals surface area contributed by atoms with E-state index in [1.807, 2.05) is 0 Å². The number of benzene rings is 1. The maximum absolute atomic E-state index is 3.88. The largest absolute Gasteiger partial charge is 0.306 e. The van der Waals surface area contributed by atoms with Gasteiger partial charge in [0.25, 0.3) is 0 Å². The molecule has 0 atom stereocenters. The zero-order valence-corrected chi connectivity index (χ0v) is 9.27. The molecule has 0 saturated carbocycles. The summed E-state index contributed by atoms with van der Waals surface area (Å²) >= 11 is 0. The average molecular weight is 217 g/mol. The number of H-pyrrole nitrogens is 1. The van der Waals surface area contributed by atoms with Crippen LogP contribution in [0, 0.1) is 0 Å². The fourth-order valence-electron chi connectivity index (χ4n) is 1.64. The summed E-state index contributed by atoms with van der Waals surface area (Å²) in [4.78, 5) is 0. The summed E-state index contributed by atoms with van der Waals surface area (Å²) in [5, 5.41) is 17.0. The Morgan fingerprint density at radius 1 is 1.19 bits per heavy atom. The zero-order chi connectivity index (χ0) is 11.2. The number of tetrazole rings is 1. The average Bonchev–Trinajstić information content (AvgIpc) is 2.83. The normalized spacial score (nSPS) is 10.6. The van der Waals surface area contributed by atoms with Gasteiger partial charge in [-0.25, -0.2) is 0 Å². The van der Waals surface area contributed by atoms with Gasteiger partial charge in [0, 0.05) is 6.54 Å². The van der Waals surface area contributed by atoms with Crippen molar-refractivity contribution in [3.05, 3.63) is 41.2 Å². The summed E-state index contributed by atoms with van der Waals surface area (Å²) in [6, 6.07) is 8.43. The van der Waals surface area contributed by atoms with E-state index in [-0.39, 0.29) is 0 Å². The van der Waals surface area contributed by atoms with Gasteiger partial charge in [0.1, 0.15) is 0 Å². The lowest BCUT2D eigenvalue weighted by atomic mass is 10.1. The van der Waals surface area contributed by atoms with Crippen LogP contribution in [0.5, 0.6) is 0 Å². The first kappa shape index (κ1) is 10.8. The highest BCUT2D eigenvalue weighted by atomic mass is 15.5. The minimum atomic E-state index is 0.633. The van der Waals surface area contributed by atoms with E-state index in [1.165, 1.54) is 11.1 Å². The first-order chi connectivity index (χ1) is 7.90. The molecule has 16 heavy (non-hydrogen) atoms. The van der Waals surface area contributed by atoms with E-state index in [0.717, 1.165) is 13.0 Å². The second-order valence-electron chi connectivity index (χ2n) is 3.55. The Morgan fingerprint density at radius 3 is 2.69 bits per heavy atom. The van der Waals surface area contributed by atoms with Crippen LogP contribution in [-0.4, -0.2) is 20.6 Å². The molecule has 1 aromatic heterocycles. The van der Waals surface area contributed by atoms with Crippen LogP contribution < -0.4 is 5.32 Å². The van der Waals surface area contributed by atoms with Crippen molar-refractivity contribution in [3.63, 3.8) is 0 Å². The highest BCUT2D eigenvalue weighted by Gasteiger charge is 2.00. The molecule has 0 amide bonds. The maximum atomic E-state index is 3.88. The number of aromatic nitrogens is 4. The Kier molecular flexibility index (Phi) is 3.61. The van der Waals surface area contributed by atoms with Crippen LogP contribution in [0.1, 0.15) is 23.9 Å². The molecule has 0 radical (unpaired) electrons. The smallest absolute Gasteiger partial charge is 0.188 e. The molecule has 0 bridgehead atoms. The Balaban J connectivity index is 1.89. The third kappa shape index (κ3) is 2.64. The van der Waals surface area contributed by atoms with Crippen molar-refractivity contribution in [1.29, 1.82) is 0 Å². The second kappa shape index (κ2) is 5.37. The van der Waals surface area contributed by atoms with Crippen LogP contribution in [0.3, 0.4) is 0 Å². The summed E-state index contributed by atoms with van der Waals surface area (Å²) in [5.74, 6) is 0.689. The first-order valence-corrected chi connectivity index (χ1v) is 5.40. The molecule has 1 heterocycles. The SMILES string of the molecule is CCc1ccccc1CNCc1nn[nH]n1. The topological polar surface area (TPSA) is 66.5 Å². The van der Waals surface area contributed by atoms with Gasteiger partial charge in [-0.15, -0.1) is 10.2 Å². The van der Waals surface area contributed by atoms with Crippen LogP contribution in [0.25, 0.3) is 0 Å². The van der Waals surface area contributed by atoms with Gasteiger partial charge in [-0.3, -0.25) is 0 Å². The molecule has 2 rings (SSSR count). The maximum Gasteiger partial charge on any atom is 0.188 e. The predicted octanol–water partition coefficient (Wildman–Crippen LogP) is 1.05. The van der Waals surface area contributed by atoms with Crippen molar-refractivity contribution in [2.75, 3.05) is 0 Å². The fourth-order valence-corrected chi connectivity index (χ4v) is 1.64. The molecule has 0 aliphatic heterocycles. The van der Waals surface area contributed by atoms with Crippen molar-refractivity contribution < 1.29 is 0 Å². The van der Waals surface area contributed by atoms with Gasteiger partial charge in [0.15, 0.2) is 5.82 Å². The standard InChI is InChI=1S/C11H15N5/c1-2-9-5-3-4-6-10(9)7-12-8-11-13-15-16-14-11/h3-6,12H,2,7-8H2,1H3,(H,13,14,15,16). The molecule has 0 aliphatic carbocycles. The lowest BCUT2D eigenvalue weighted by molar-refractivity contribution is 0.660. The molecule has 5 heteroatoms. The van der Waals surface area contributed by atoms with Crippen LogP contribution in [-0.2, 0) is 19.5 Å². The number of hydrogen-bond acceptors (Lipinski definition) is 4. The van der Waals surface area contributed by atoms with Gasteiger partial charge >= 0.3 is 0 Å². The van der Waals surface area contributed by atoms with E-state index in [0.29, 0.717) is 12.4 Å². The Hall–Kier alpha value is -1.75. The van der Waals surface area contributed by atoms with E-state index in [2.05, 4.69) is 57.1 Å². The molecule has 2 aromatic rings. The van der Waals surface area contributed by atoms with E-state index in [9.17, 15) is 0 Å². The quantitative estimate of drug-likeness (QED) is 0.785. The van der Waals surface area contributed by atoms with Gasteiger partial charge in [-0.1, -0.05) is 36.4 Å². The predicted molar refractivity (Wildman–Crippen MR) is 60.5 cm³/mol. The summed E-state index contributed by atoms with van der Waals surface area (Å²) in [6.45, 7) is 3.63. The van der Waals surface area contributed by atoms with Crippen molar-refractivity contribution >= 4 is 0 Å². The number of nitrogens with one attached hydrogen (secondary N) is 2. The molecular formula is C11H15N5. The molecule has 0 saturated heterocycles. The second-order valence-corrected chi connectivity index (χ2v) is 3.55. The summed E-state index contributed by atoms with van der Waals surface area (Å²) in [6.07, 6.45) is 1.06. The van der Waals surface area contributed by atoms with Gasteiger partial charge in [0.05, 0.1) is 6.54 Å². The van der Waals surface area contributed by atoms with Gasteiger partial charge in [-0.05, 0) is 17.5 Å². The summed E-state index contributed by atoms with van der Waals surface area (Å²) < 4.78 is 0. The molecule has 5 nitrogen and oxygen atoms in total. The number of nitrogens with zero attached hydrogens (tertiary/aromatic N) is 3.